The zero-order valence-corrected chi connectivity index (χ0v) is 24.2. The number of anilines is 1. The van der Waals surface area contributed by atoms with Crippen LogP contribution in [0.5, 0.6) is 0 Å². The summed E-state index contributed by atoms with van der Waals surface area (Å²) < 4.78 is 26.1. The Morgan fingerprint density at radius 3 is 2.38 bits per heavy atom. The van der Waals surface area contributed by atoms with Crippen LogP contribution in [0.3, 0.4) is 0 Å². The fraction of sp³-hybridized carbons (Fsp3) is 0.207. The fourth-order valence-electron chi connectivity index (χ4n) is 4.79. The molecule has 1 aliphatic rings. The topological polar surface area (TPSA) is 84.2 Å². The molecule has 204 valence electrons. The number of hydrogen-bond acceptors (Lipinski definition) is 8. The summed E-state index contributed by atoms with van der Waals surface area (Å²) in [6.45, 7) is 4.17. The maximum atomic E-state index is 12.1. The molecule has 1 fully saturated rings. The molecule has 0 bridgehead atoms. The predicted octanol–water partition coefficient (Wildman–Crippen LogP) is 5.44. The van der Waals surface area contributed by atoms with E-state index in [4.69, 9.17) is 16.7 Å². The van der Waals surface area contributed by atoms with Crippen LogP contribution in [0.1, 0.15) is 5.69 Å². The van der Waals surface area contributed by atoms with Gasteiger partial charge in [0.1, 0.15) is 0 Å². The van der Waals surface area contributed by atoms with Crippen molar-refractivity contribution in [2.24, 2.45) is 0 Å². The molecule has 0 aliphatic carbocycles. The van der Waals surface area contributed by atoms with E-state index in [2.05, 4.69) is 31.9 Å². The van der Waals surface area contributed by atoms with Gasteiger partial charge in [-0.25, -0.2) is 23.1 Å². The minimum Gasteiger partial charge on any atom is -0.338 e. The van der Waals surface area contributed by atoms with E-state index in [1.165, 1.54) is 6.26 Å². The van der Waals surface area contributed by atoms with E-state index in [1.807, 2.05) is 47.1 Å². The quantitative estimate of drug-likeness (QED) is 0.250. The molecule has 1 aliphatic heterocycles. The van der Waals surface area contributed by atoms with Crippen LogP contribution in [0.15, 0.2) is 90.1 Å². The summed E-state index contributed by atoms with van der Waals surface area (Å²) in [7, 11) is -3.30. The first kappa shape index (κ1) is 26.6. The predicted molar refractivity (Wildman–Crippen MR) is 160 cm³/mol. The van der Waals surface area contributed by atoms with Gasteiger partial charge in [0.25, 0.3) is 0 Å². The largest absolute Gasteiger partial charge is 0.338 e. The van der Waals surface area contributed by atoms with Gasteiger partial charge >= 0.3 is 0 Å². The maximum absolute atomic E-state index is 12.1. The smallest absolute Gasteiger partial charge is 0.225 e. The van der Waals surface area contributed by atoms with Gasteiger partial charge in [0, 0.05) is 56.3 Å². The highest BCUT2D eigenvalue weighted by Crippen LogP contribution is 2.37. The molecule has 6 rings (SSSR count). The molecular weight excluding hydrogens is 564 g/mol. The Labute approximate surface area is 242 Å². The number of thiophene rings is 1. The Morgan fingerprint density at radius 2 is 1.62 bits per heavy atom. The number of piperazine rings is 1. The third-order valence-corrected chi connectivity index (χ3v) is 9.43. The van der Waals surface area contributed by atoms with Crippen molar-refractivity contribution in [2.45, 2.75) is 11.4 Å². The van der Waals surface area contributed by atoms with Crippen molar-refractivity contribution in [3.8, 4) is 26.7 Å². The first-order valence-electron chi connectivity index (χ1n) is 12.8. The first-order chi connectivity index (χ1) is 19.3. The van der Waals surface area contributed by atoms with Gasteiger partial charge in [-0.15, -0.1) is 11.3 Å². The molecule has 0 saturated carbocycles. The summed E-state index contributed by atoms with van der Waals surface area (Å²) in [5.41, 5.74) is 3.57. The molecule has 5 aromatic rings. The van der Waals surface area contributed by atoms with Crippen molar-refractivity contribution >= 4 is 38.7 Å². The van der Waals surface area contributed by atoms with Crippen LogP contribution >= 0.6 is 22.9 Å². The number of halogens is 1. The highest BCUT2D eigenvalue weighted by Gasteiger charge is 2.22. The first-order valence-corrected chi connectivity index (χ1v) is 15.9. The number of rotatable bonds is 7. The standard InChI is InChI=1S/C29H27ClN6O2S2/c1-40(37,38)23-7-4-6-21(18-23)27-10-11-28(39-27)26-19-22(33-36(26)25-9-3-2-8-24(25)30)20-34-14-16-35(17-15-34)29-31-12-5-13-32-29/h2-13,18-19H,14-17,20H2,1H3. The van der Waals surface area contributed by atoms with Crippen molar-refractivity contribution in [2.75, 3.05) is 37.3 Å². The molecule has 0 spiro atoms. The zero-order chi connectivity index (χ0) is 27.7. The summed E-state index contributed by atoms with van der Waals surface area (Å²) in [4.78, 5) is 15.7. The summed E-state index contributed by atoms with van der Waals surface area (Å²) in [5.74, 6) is 0.767. The lowest BCUT2D eigenvalue weighted by molar-refractivity contribution is 0.245. The summed E-state index contributed by atoms with van der Waals surface area (Å²) in [6.07, 6.45) is 4.77. The number of para-hydroxylation sites is 1. The molecule has 11 heteroatoms. The summed E-state index contributed by atoms with van der Waals surface area (Å²) in [6, 6.07) is 22.8. The minimum absolute atomic E-state index is 0.308. The SMILES string of the molecule is CS(=O)(=O)c1cccc(-c2ccc(-c3cc(CN4CCN(c5ncccn5)CC4)nn3-c3ccccc3Cl)s2)c1. The Kier molecular flexibility index (Phi) is 7.41. The Morgan fingerprint density at radius 1 is 0.875 bits per heavy atom. The van der Waals surface area contributed by atoms with Gasteiger partial charge in [-0.05, 0) is 54.1 Å². The molecule has 8 nitrogen and oxygen atoms in total. The van der Waals surface area contributed by atoms with Crippen molar-refractivity contribution < 1.29 is 8.42 Å². The highest BCUT2D eigenvalue weighted by molar-refractivity contribution is 7.90. The third kappa shape index (κ3) is 5.66. The number of sulfone groups is 1. The van der Waals surface area contributed by atoms with Crippen molar-refractivity contribution in [3.63, 3.8) is 0 Å². The van der Waals surface area contributed by atoms with Crippen LogP contribution in [0.4, 0.5) is 5.95 Å². The third-order valence-electron chi connectivity index (χ3n) is 6.84. The average molecular weight is 591 g/mol. The molecule has 0 N–H and O–H groups in total. The Balaban J connectivity index is 1.29. The van der Waals surface area contributed by atoms with Crippen molar-refractivity contribution in [1.82, 2.24) is 24.6 Å². The number of nitrogens with zero attached hydrogens (tertiary/aromatic N) is 6. The molecule has 0 atom stereocenters. The highest BCUT2D eigenvalue weighted by atomic mass is 35.5. The van der Waals surface area contributed by atoms with E-state index in [-0.39, 0.29) is 0 Å². The lowest BCUT2D eigenvalue weighted by Gasteiger charge is -2.34. The molecule has 0 radical (unpaired) electrons. The van der Waals surface area contributed by atoms with Crippen molar-refractivity contribution in [1.29, 1.82) is 0 Å². The molecule has 2 aromatic carbocycles. The van der Waals surface area contributed by atoms with Gasteiger partial charge in [-0.3, -0.25) is 4.90 Å². The molecule has 0 unspecified atom stereocenters. The fourth-order valence-corrected chi connectivity index (χ4v) is 6.68. The van der Waals surface area contributed by atoms with Gasteiger partial charge in [-0.1, -0.05) is 35.9 Å². The molecule has 4 heterocycles. The van der Waals surface area contributed by atoms with Gasteiger partial charge in [-0.2, -0.15) is 5.10 Å². The monoisotopic (exact) mass is 590 g/mol. The molecule has 1 saturated heterocycles. The Hall–Kier alpha value is -3.57. The van der Waals surface area contributed by atoms with E-state index in [1.54, 1.807) is 41.9 Å². The van der Waals surface area contributed by atoms with E-state index < -0.39 is 9.84 Å². The van der Waals surface area contributed by atoms with Crippen LogP contribution < -0.4 is 4.90 Å². The average Bonchev–Trinajstić information content (AvgIpc) is 3.62. The van der Waals surface area contributed by atoms with Crippen LogP contribution in [0.2, 0.25) is 5.02 Å². The van der Waals surface area contributed by atoms with Gasteiger partial charge in [0.15, 0.2) is 9.84 Å². The lowest BCUT2D eigenvalue weighted by Crippen LogP contribution is -2.46. The van der Waals surface area contributed by atoms with E-state index >= 15 is 0 Å². The zero-order valence-electron chi connectivity index (χ0n) is 21.8. The minimum atomic E-state index is -3.30. The molecule has 40 heavy (non-hydrogen) atoms. The number of aromatic nitrogens is 4. The summed E-state index contributed by atoms with van der Waals surface area (Å²) in [5, 5.41) is 5.62. The molecule has 3 aromatic heterocycles. The normalized spacial score (nSPS) is 14.5. The van der Waals surface area contributed by atoms with E-state index in [0.717, 1.165) is 64.5 Å². The van der Waals surface area contributed by atoms with Gasteiger partial charge < -0.3 is 4.90 Å². The lowest BCUT2D eigenvalue weighted by atomic mass is 10.2. The van der Waals surface area contributed by atoms with E-state index in [9.17, 15) is 8.42 Å². The van der Waals surface area contributed by atoms with Crippen LogP contribution in [0.25, 0.3) is 26.7 Å². The second-order valence-corrected chi connectivity index (χ2v) is 13.2. The second-order valence-electron chi connectivity index (χ2n) is 9.66. The van der Waals surface area contributed by atoms with Crippen LogP contribution in [0, 0.1) is 0 Å². The maximum Gasteiger partial charge on any atom is 0.225 e. The Bertz CT molecular complexity index is 1750. The van der Waals surface area contributed by atoms with Crippen LogP contribution in [-0.4, -0.2) is 65.5 Å². The van der Waals surface area contributed by atoms with Crippen molar-refractivity contribution in [3.05, 3.63) is 95.9 Å². The van der Waals surface area contributed by atoms with Gasteiger partial charge in [0.05, 0.1) is 31.9 Å². The second kappa shape index (κ2) is 11.1. The summed E-state index contributed by atoms with van der Waals surface area (Å²) >= 11 is 8.21. The van der Waals surface area contributed by atoms with E-state index in [0.29, 0.717) is 16.5 Å². The van der Waals surface area contributed by atoms with Gasteiger partial charge in [0.2, 0.25) is 5.95 Å². The number of benzene rings is 2. The molecule has 0 amide bonds. The molecular formula is C29H27ClN6O2S2. The number of hydrogen-bond donors (Lipinski definition) is 0. The van der Waals surface area contributed by atoms with Crippen LogP contribution in [-0.2, 0) is 16.4 Å².